The van der Waals surface area contributed by atoms with Crippen molar-refractivity contribution in [2.24, 2.45) is 0 Å². The van der Waals surface area contributed by atoms with Gasteiger partial charge in [-0.05, 0) is 11.6 Å². The third kappa shape index (κ3) is 2.34. The molecule has 22 heavy (non-hydrogen) atoms. The van der Waals surface area contributed by atoms with Crippen molar-refractivity contribution in [2.45, 2.75) is 6.42 Å². The maximum atomic E-state index is 6.20. The van der Waals surface area contributed by atoms with Crippen molar-refractivity contribution in [1.82, 2.24) is 29.8 Å². The number of nitrogens with zero attached hydrogens (tertiary/aromatic N) is 6. The summed E-state index contributed by atoms with van der Waals surface area (Å²) in [5.41, 5.74) is 1.72. The lowest BCUT2D eigenvalue weighted by Gasteiger charge is -2.00. The predicted molar refractivity (Wildman–Crippen MR) is 83.9 cm³/mol. The fourth-order valence-corrected chi connectivity index (χ4v) is 3.12. The van der Waals surface area contributed by atoms with Crippen LogP contribution in [0.15, 0.2) is 42.9 Å². The van der Waals surface area contributed by atoms with Crippen LogP contribution in [-0.2, 0) is 6.42 Å². The van der Waals surface area contributed by atoms with Crippen LogP contribution in [0.4, 0.5) is 0 Å². The van der Waals surface area contributed by atoms with E-state index in [4.69, 9.17) is 11.6 Å². The lowest BCUT2D eigenvalue weighted by molar-refractivity contribution is 0.853. The van der Waals surface area contributed by atoms with Gasteiger partial charge >= 0.3 is 0 Å². The van der Waals surface area contributed by atoms with Gasteiger partial charge in [0.05, 0.1) is 6.20 Å². The highest BCUT2D eigenvalue weighted by atomic mass is 35.5. The second-order valence-electron chi connectivity index (χ2n) is 4.58. The third-order valence-corrected chi connectivity index (χ3v) is 4.43. The Morgan fingerprint density at radius 3 is 2.86 bits per heavy atom. The van der Waals surface area contributed by atoms with Gasteiger partial charge in [0, 0.05) is 23.8 Å². The minimum atomic E-state index is 0.574. The molecule has 3 heterocycles. The van der Waals surface area contributed by atoms with E-state index in [1.54, 1.807) is 23.1 Å². The van der Waals surface area contributed by atoms with E-state index in [2.05, 4.69) is 25.3 Å². The van der Waals surface area contributed by atoms with Crippen LogP contribution >= 0.6 is 22.9 Å². The van der Waals surface area contributed by atoms with Crippen molar-refractivity contribution in [1.29, 1.82) is 0 Å². The van der Waals surface area contributed by atoms with Gasteiger partial charge < -0.3 is 0 Å². The van der Waals surface area contributed by atoms with Crippen molar-refractivity contribution in [3.05, 3.63) is 59.3 Å². The average molecular weight is 329 g/mol. The number of benzene rings is 1. The molecule has 108 valence electrons. The normalized spacial score (nSPS) is 11.1. The number of rotatable bonds is 3. The first kappa shape index (κ1) is 13.3. The molecule has 0 amide bonds. The summed E-state index contributed by atoms with van der Waals surface area (Å²) in [5.74, 6) is 0.745. The number of hydrogen-bond donors (Lipinski definition) is 0. The Hall–Kier alpha value is -2.38. The Bertz CT molecular complexity index is 933. The summed E-state index contributed by atoms with van der Waals surface area (Å²) in [4.78, 5) is 9.04. The summed E-state index contributed by atoms with van der Waals surface area (Å²) < 4.78 is 1.73. The van der Waals surface area contributed by atoms with Crippen LogP contribution in [0, 0.1) is 0 Å². The maximum Gasteiger partial charge on any atom is 0.235 e. The lowest BCUT2D eigenvalue weighted by Crippen LogP contribution is -1.98. The van der Waals surface area contributed by atoms with E-state index >= 15 is 0 Å². The Morgan fingerprint density at radius 1 is 1.14 bits per heavy atom. The van der Waals surface area contributed by atoms with E-state index in [-0.39, 0.29) is 0 Å². The Kier molecular flexibility index (Phi) is 3.28. The highest BCUT2D eigenvalue weighted by molar-refractivity contribution is 7.19. The molecule has 0 atom stereocenters. The molecule has 0 bridgehead atoms. The van der Waals surface area contributed by atoms with Gasteiger partial charge in [-0.2, -0.15) is 9.61 Å². The van der Waals surface area contributed by atoms with Crippen molar-refractivity contribution in [3.8, 4) is 10.7 Å². The first-order valence-corrected chi connectivity index (χ1v) is 7.71. The van der Waals surface area contributed by atoms with Crippen LogP contribution in [-0.4, -0.2) is 29.8 Å². The second-order valence-corrected chi connectivity index (χ2v) is 5.94. The monoisotopic (exact) mass is 328 g/mol. The van der Waals surface area contributed by atoms with Crippen molar-refractivity contribution < 1.29 is 0 Å². The highest BCUT2D eigenvalue weighted by Crippen LogP contribution is 2.24. The smallest absolute Gasteiger partial charge is 0.235 e. The lowest BCUT2D eigenvalue weighted by atomic mass is 10.1. The summed E-state index contributed by atoms with van der Waals surface area (Å²) in [7, 11) is 0. The molecule has 0 radical (unpaired) electrons. The van der Waals surface area contributed by atoms with Gasteiger partial charge in [0.1, 0.15) is 5.69 Å². The fourth-order valence-electron chi connectivity index (χ4n) is 2.09. The van der Waals surface area contributed by atoms with Gasteiger partial charge in [-0.15, -0.1) is 10.2 Å². The zero-order valence-electron chi connectivity index (χ0n) is 11.2. The highest BCUT2D eigenvalue weighted by Gasteiger charge is 2.14. The molecule has 0 fully saturated rings. The SMILES string of the molecule is Clc1ccccc1Cc1nnc2sc(-c3cnccn3)nn12. The average Bonchev–Trinajstić information content (AvgIpc) is 3.12. The van der Waals surface area contributed by atoms with E-state index < -0.39 is 0 Å². The Morgan fingerprint density at radius 2 is 2.05 bits per heavy atom. The zero-order valence-corrected chi connectivity index (χ0v) is 12.8. The zero-order chi connectivity index (χ0) is 14.9. The summed E-state index contributed by atoms with van der Waals surface area (Å²) in [5, 5.41) is 14.4. The summed E-state index contributed by atoms with van der Waals surface area (Å²) >= 11 is 7.63. The molecule has 1 aromatic carbocycles. The van der Waals surface area contributed by atoms with E-state index in [1.165, 1.54) is 11.3 Å². The molecule has 4 rings (SSSR count). The van der Waals surface area contributed by atoms with E-state index in [0.29, 0.717) is 11.4 Å². The van der Waals surface area contributed by atoms with Crippen LogP contribution in [0.2, 0.25) is 5.02 Å². The van der Waals surface area contributed by atoms with Crippen LogP contribution in [0.25, 0.3) is 15.7 Å². The maximum absolute atomic E-state index is 6.20. The number of aromatic nitrogens is 6. The largest absolute Gasteiger partial charge is 0.261 e. The molecule has 0 aliphatic carbocycles. The number of halogens is 1. The number of hydrogen-bond acceptors (Lipinski definition) is 6. The molecule has 4 aromatic rings. The molecule has 0 saturated heterocycles. The van der Waals surface area contributed by atoms with Crippen molar-refractivity contribution in [3.63, 3.8) is 0 Å². The fraction of sp³-hybridized carbons (Fsp3) is 0.0714. The second kappa shape index (κ2) is 5.43. The molecule has 0 aliphatic heterocycles. The summed E-state index contributed by atoms with van der Waals surface area (Å²) in [6, 6.07) is 7.69. The standard InChI is InChI=1S/C14H9ClN6S/c15-10-4-2-1-3-9(10)7-12-18-19-14-21(12)20-13(22-14)11-8-16-5-6-17-11/h1-6,8H,7H2. The van der Waals surface area contributed by atoms with Crippen LogP contribution < -0.4 is 0 Å². The molecule has 8 heteroatoms. The third-order valence-electron chi connectivity index (χ3n) is 3.14. The minimum Gasteiger partial charge on any atom is -0.261 e. The van der Waals surface area contributed by atoms with Gasteiger partial charge in [0.2, 0.25) is 4.96 Å². The molecule has 0 unspecified atom stereocenters. The van der Waals surface area contributed by atoms with Gasteiger partial charge in [0.25, 0.3) is 0 Å². The van der Waals surface area contributed by atoms with Crippen molar-refractivity contribution >= 4 is 27.9 Å². The number of fused-ring (bicyclic) bond motifs is 1. The topological polar surface area (TPSA) is 68.9 Å². The summed E-state index contributed by atoms with van der Waals surface area (Å²) in [6.07, 6.45) is 5.53. The van der Waals surface area contributed by atoms with Gasteiger partial charge in [0.15, 0.2) is 10.8 Å². The molecular formula is C14H9ClN6S. The van der Waals surface area contributed by atoms with Gasteiger partial charge in [-0.3, -0.25) is 9.97 Å². The van der Waals surface area contributed by atoms with Crippen LogP contribution in [0.5, 0.6) is 0 Å². The Labute approximate surface area is 134 Å². The molecule has 0 saturated carbocycles. The summed E-state index contributed by atoms with van der Waals surface area (Å²) in [6.45, 7) is 0. The molecule has 0 spiro atoms. The quantitative estimate of drug-likeness (QED) is 0.578. The van der Waals surface area contributed by atoms with Gasteiger partial charge in [-0.25, -0.2) is 0 Å². The van der Waals surface area contributed by atoms with Crippen LogP contribution in [0.1, 0.15) is 11.4 Å². The minimum absolute atomic E-state index is 0.574. The molecule has 0 N–H and O–H groups in total. The molecule has 6 nitrogen and oxygen atoms in total. The first-order chi connectivity index (χ1) is 10.8. The van der Waals surface area contributed by atoms with Gasteiger partial charge in [-0.1, -0.05) is 41.1 Å². The molecule has 3 aromatic heterocycles. The molecular weight excluding hydrogens is 320 g/mol. The van der Waals surface area contributed by atoms with Crippen LogP contribution in [0.3, 0.4) is 0 Å². The van der Waals surface area contributed by atoms with E-state index in [0.717, 1.165) is 27.1 Å². The first-order valence-electron chi connectivity index (χ1n) is 6.52. The van der Waals surface area contributed by atoms with Crippen molar-refractivity contribution in [2.75, 3.05) is 0 Å². The van der Waals surface area contributed by atoms with E-state index in [1.807, 2.05) is 24.3 Å². The Balaban J connectivity index is 1.74. The molecule has 0 aliphatic rings. The van der Waals surface area contributed by atoms with E-state index in [9.17, 15) is 0 Å². The predicted octanol–water partition coefficient (Wildman–Crippen LogP) is 2.89.